The number of benzene rings is 2. The van der Waals surface area contributed by atoms with Crippen molar-refractivity contribution in [1.82, 2.24) is 10.6 Å². The van der Waals surface area contributed by atoms with Gasteiger partial charge in [0.2, 0.25) is 5.91 Å². The van der Waals surface area contributed by atoms with Gasteiger partial charge in [0.25, 0.3) is 0 Å². The number of fused-ring (bicyclic) bond motifs is 3. The van der Waals surface area contributed by atoms with Crippen molar-refractivity contribution in [2.45, 2.75) is 38.6 Å². The maximum absolute atomic E-state index is 12.6. The van der Waals surface area contributed by atoms with E-state index in [-0.39, 0.29) is 30.8 Å². The van der Waals surface area contributed by atoms with E-state index < -0.39 is 24.0 Å². The lowest BCUT2D eigenvalue weighted by molar-refractivity contribution is -0.137. The summed E-state index contributed by atoms with van der Waals surface area (Å²) in [4.78, 5) is 36.2. The van der Waals surface area contributed by atoms with Crippen molar-refractivity contribution in [3.8, 4) is 11.1 Å². The van der Waals surface area contributed by atoms with Gasteiger partial charge in [-0.25, -0.2) is 4.79 Å². The fourth-order valence-electron chi connectivity index (χ4n) is 3.83. The van der Waals surface area contributed by atoms with Gasteiger partial charge >= 0.3 is 12.1 Å². The molecular formula is C26H30N2O5. The van der Waals surface area contributed by atoms with Gasteiger partial charge in [-0.05, 0) is 34.1 Å². The monoisotopic (exact) mass is 450 g/mol. The third kappa shape index (κ3) is 6.00. The summed E-state index contributed by atoms with van der Waals surface area (Å²) in [5.41, 5.74) is 4.06. The molecule has 0 aliphatic heterocycles. The molecule has 33 heavy (non-hydrogen) atoms. The maximum atomic E-state index is 12.6. The van der Waals surface area contributed by atoms with E-state index >= 15 is 0 Å². The van der Waals surface area contributed by atoms with Gasteiger partial charge < -0.3 is 20.5 Å². The van der Waals surface area contributed by atoms with Gasteiger partial charge in [-0.1, -0.05) is 68.5 Å². The lowest BCUT2D eigenvalue weighted by atomic mass is 9.94. The number of carboxylic acids is 1. The highest BCUT2D eigenvalue weighted by molar-refractivity contribution is 5.86. The summed E-state index contributed by atoms with van der Waals surface area (Å²) >= 11 is 0. The molecule has 0 saturated heterocycles. The Morgan fingerprint density at radius 2 is 1.67 bits per heavy atom. The normalized spacial score (nSPS) is 13.4. The molecule has 0 fully saturated rings. The Morgan fingerprint density at radius 1 is 1.09 bits per heavy atom. The van der Waals surface area contributed by atoms with Crippen LogP contribution in [0.4, 0.5) is 4.79 Å². The summed E-state index contributed by atoms with van der Waals surface area (Å²) in [6, 6.07) is 15.0. The van der Waals surface area contributed by atoms with Crippen LogP contribution in [0.5, 0.6) is 0 Å². The van der Waals surface area contributed by atoms with E-state index in [1.165, 1.54) is 0 Å². The number of rotatable bonds is 10. The number of aliphatic carboxylic acids is 1. The molecule has 2 aromatic rings. The first-order valence-electron chi connectivity index (χ1n) is 11.0. The summed E-state index contributed by atoms with van der Waals surface area (Å²) in [5.74, 6) is -1.61. The number of hydrogen-bond acceptors (Lipinski definition) is 4. The molecule has 1 unspecified atom stereocenters. The van der Waals surface area contributed by atoms with E-state index in [0.29, 0.717) is 6.54 Å². The average molecular weight is 451 g/mol. The molecular weight excluding hydrogens is 420 g/mol. The predicted molar refractivity (Wildman–Crippen MR) is 126 cm³/mol. The van der Waals surface area contributed by atoms with Crippen LogP contribution in [0.25, 0.3) is 11.1 Å². The van der Waals surface area contributed by atoms with Crippen LogP contribution in [-0.4, -0.2) is 42.3 Å². The fourth-order valence-corrected chi connectivity index (χ4v) is 3.83. The van der Waals surface area contributed by atoms with E-state index in [9.17, 15) is 14.4 Å². The summed E-state index contributed by atoms with van der Waals surface area (Å²) in [6.07, 6.45) is 0.663. The second-order valence-electron chi connectivity index (χ2n) is 8.87. The Bertz CT molecular complexity index is 1000. The van der Waals surface area contributed by atoms with Gasteiger partial charge in [0.05, 0.1) is 0 Å². The van der Waals surface area contributed by atoms with Gasteiger partial charge in [-0.15, -0.1) is 6.58 Å². The number of alkyl carbamates (subject to hydrolysis) is 1. The molecule has 1 aliphatic rings. The Morgan fingerprint density at radius 3 is 2.21 bits per heavy atom. The maximum Gasteiger partial charge on any atom is 0.407 e. The zero-order valence-electron chi connectivity index (χ0n) is 19.0. The van der Waals surface area contributed by atoms with Crippen molar-refractivity contribution in [2.75, 3.05) is 13.2 Å². The molecule has 3 rings (SSSR count). The number of ether oxygens (including phenoxy) is 1. The smallest absolute Gasteiger partial charge is 0.407 e. The highest BCUT2D eigenvalue weighted by atomic mass is 16.5. The Hall–Kier alpha value is -3.61. The Kier molecular flexibility index (Phi) is 7.53. The molecule has 0 aromatic heterocycles. The van der Waals surface area contributed by atoms with Crippen molar-refractivity contribution in [1.29, 1.82) is 0 Å². The van der Waals surface area contributed by atoms with Crippen molar-refractivity contribution >= 4 is 18.0 Å². The van der Waals surface area contributed by atoms with Crippen LogP contribution in [0.3, 0.4) is 0 Å². The second-order valence-corrected chi connectivity index (χ2v) is 8.87. The van der Waals surface area contributed by atoms with Crippen LogP contribution in [0.2, 0.25) is 0 Å². The van der Waals surface area contributed by atoms with Gasteiger partial charge in [0, 0.05) is 18.9 Å². The summed E-state index contributed by atoms with van der Waals surface area (Å²) < 4.78 is 5.50. The Balaban J connectivity index is 1.65. The molecule has 1 atom stereocenters. The Labute approximate surface area is 193 Å². The lowest BCUT2D eigenvalue weighted by Gasteiger charge is -2.23. The van der Waals surface area contributed by atoms with Gasteiger partial charge in [0.15, 0.2) is 0 Å². The van der Waals surface area contributed by atoms with Gasteiger partial charge in [-0.2, -0.15) is 0 Å². The summed E-state index contributed by atoms with van der Waals surface area (Å²) in [6.45, 7) is 7.97. The minimum atomic E-state index is -1.05. The van der Waals surface area contributed by atoms with Crippen molar-refractivity contribution in [3.63, 3.8) is 0 Å². The topological polar surface area (TPSA) is 105 Å². The largest absolute Gasteiger partial charge is 0.481 e. The van der Waals surface area contributed by atoms with Crippen molar-refractivity contribution in [2.24, 2.45) is 5.41 Å². The van der Waals surface area contributed by atoms with E-state index in [2.05, 4.69) is 17.2 Å². The average Bonchev–Trinajstić information content (AvgIpc) is 3.12. The van der Waals surface area contributed by atoms with Crippen LogP contribution in [-0.2, 0) is 14.3 Å². The molecule has 2 amide bonds. The van der Waals surface area contributed by atoms with E-state index in [0.717, 1.165) is 22.3 Å². The molecule has 7 heteroatoms. The van der Waals surface area contributed by atoms with E-state index in [1.807, 2.05) is 62.4 Å². The number of nitrogens with one attached hydrogen (secondary N) is 2. The van der Waals surface area contributed by atoms with Gasteiger partial charge in [-0.3, -0.25) is 9.59 Å². The van der Waals surface area contributed by atoms with Crippen LogP contribution < -0.4 is 10.6 Å². The number of carbonyl (C=O) groups is 3. The zero-order chi connectivity index (χ0) is 24.0. The molecule has 0 bridgehead atoms. The summed E-state index contributed by atoms with van der Waals surface area (Å²) in [7, 11) is 0. The third-order valence-corrected chi connectivity index (χ3v) is 5.87. The lowest BCUT2D eigenvalue weighted by Crippen LogP contribution is -2.49. The molecule has 7 nitrogen and oxygen atoms in total. The molecule has 0 saturated carbocycles. The van der Waals surface area contributed by atoms with E-state index in [4.69, 9.17) is 9.84 Å². The van der Waals surface area contributed by atoms with Crippen LogP contribution in [0.15, 0.2) is 61.2 Å². The third-order valence-electron chi connectivity index (χ3n) is 5.87. The molecule has 0 spiro atoms. The zero-order valence-corrected chi connectivity index (χ0v) is 19.0. The number of carboxylic acid groups (broad SMARTS) is 1. The molecule has 1 aliphatic carbocycles. The van der Waals surface area contributed by atoms with Crippen molar-refractivity contribution < 1.29 is 24.2 Å². The van der Waals surface area contributed by atoms with Crippen LogP contribution in [0, 0.1) is 5.41 Å². The fraction of sp³-hybridized carbons (Fsp3) is 0.346. The number of hydrogen-bond donors (Lipinski definition) is 3. The second kappa shape index (κ2) is 10.3. The molecule has 2 aromatic carbocycles. The van der Waals surface area contributed by atoms with Crippen LogP contribution >= 0.6 is 0 Å². The highest BCUT2D eigenvalue weighted by Gasteiger charge is 2.30. The first-order valence-corrected chi connectivity index (χ1v) is 11.0. The molecule has 0 radical (unpaired) electrons. The standard InChI is InChI=1S/C26H30N2O5/c1-4-26(2,3)16-27-24(31)22(13-14-23(29)30)28-25(32)33-15-21-19-11-7-5-9-17(19)18-10-6-8-12-20(18)21/h4-12,21-22H,1,13-16H2,2-3H3,(H,27,31)(H,28,32)(H,29,30). The summed E-state index contributed by atoms with van der Waals surface area (Å²) in [5, 5.41) is 14.3. The molecule has 174 valence electrons. The number of carbonyl (C=O) groups excluding carboxylic acids is 2. The quantitative estimate of drug-likeness (QED) is 0.473. The predicted octanol–water partition coefficient (Wildman–Crippen LogP) is 4.09. The molecule has 0 heterocycles. The first-order chi connectivity index (χ1) is 15.7. The highest BCUT2D eigenvalue weighted by Crippen LogP contribution is 2.44. The van der Waals surface area contributed by atoms with Crippen molar-refractivity contribution in [3.05, 3.63) is 72.3 Å². The minimum Gasteiger partial charge on any atom is -0.481 e. The first kappa shape index (κ1) is 24.0. The van der Waals surface area contributed by atoms with Gasteiger partial charge in [0.1, 0.15) is 12.6 Å². The minimum absolute atomic E-state index is 0.0418. The number of amides is 2. The van der Waals surface area contributed by atoms with E-state index in [1.54, 1.807) is 6.08 Å². The molecule has 3 N–H and O–H groups in total. The SMILES string of the molecule is C=CC(C)(C)CNC(=O)C(CCC(=O)O)NC(=O)OCC1c2ccccc2-c2ccccc21. The van der Waals surface area contributed by atoms with Crippen LogP contribution in [0.1, 0.15) is 43.7 Å².